The van der Waals surface area contributed by atoms with Gasteiger partial charge in [0.25, 0.3) is 0 Å². The fraction of sp³-hybridized carbons (Fsp3) is 0.120. The molecule has 0 radical (unpaired) electrons. The van der Waals surface area contributed by atoms with Gasteiger partial charge in [-0.25, -0.2) is 19.1 Å². The highest BCUT2D eigenvalue weighted by molar-refractivity contribution is 5.87. The van der Waals surface area contributed by atoms with Crippen LogP contribution in [0.4, 0.5) is 0 Å². The maximum Gasteiger partial charge on any atom is 0.335 e. The van der Waals surface area contributed by atoms with E-state index in [0.717, 1.165) is 33.8 Å². The lowest BCUT2D eigenvalue weighted by molar-refractivity contribution is 0.0696. The summed E-state index contributed by atoms with van der Waals surface area (Å²) in [5.41, 5.74) is 5.57. The molecule has 0 aliphatic heterocycles. The van der Waals surface area contributed by atoms with Crippen LogP contribution in [0.15, 0.2) is 78.0 Å². The van der Waals surface area contributed by atoms with Gasteiger partial charge in [0, 0.05) is 17.5 Å². The van der Waals surface area contributed by atoms with Gasteiger partial charge in [-0.2, -0.15) is 5.10 Å². The molecule has 0 atom stereocenters. The monoisotopic (exact) mass is 439 g/mol. The minimum absolute atomic E-state index is 0.188. The summed E-state index contributed by atoms with van der Waals surface area (Å²) in [5.74, 6) is -1.000. The molecule has 0 unspecified atom stereocenters. The van der Waals surface area contributed by atoms with Crippen LogP contribution in [0.5, 0.6) is 0 Å². The molecule has 0 saturated heterocycles. The largest absolute Gasteiger partial charge is 0.478 e. The third-order valence-electron chi connectivity index (χ3n) is 5.72. The van der Waals surface area contributed by atoms with Gasteiger partial charge in [0.05, 0.1) is 23.5 Å². The van der Waals surface area contributed by atoms with Gasteiger partial charge in [0.2, 0.25) is 0 Å². The fourth-order valence-corrected chi connectivity index (χ4v) is 4.12. The molecule has 3 heterocycles. The first-order chi connectivity index (χ1) is 15.9. The Bertz CT molecular complexity index is 1570. The Morgan fingerprint density at radius 2 is 1.85 bits per heavy atom. The number of hydrogen-bond acceptors (Lipinski definition) is 4. The maximum atomic E-state index is 13.7. The van der Waals surface area contributed by atoms with Gasteiger partial charge >= 0.3 is 11.7 Å². The lowest BCUT2D eigenvalue weighted by Gasteiger charge is -2.10. The number of aryl methyl sites for hydroxylation is 1. The minimum Gasteiger partial charge on any atom is -0.478 e. The quantitative estimate of drug-likeness (QED) is 0.451. The van der Waals surface area contributed by atoms with Gasteiger partial charge < -0.3 is 5.11 Å². The molecule has 0 saturated carbocycles. The van der Waals surface area contributed by atoms with E-state index in [9.17, 15) is 14.7 Å². The lowest BCUT2D eigenvalue weighted by Crippen LogP contribution is -2.24. The molecule has 5 aromatic rings. The molecule has 3 aromatic heterocycles. The molecule has 164 valence electrons. The number of nitrogens with zero attached hydrogens (tertiary/aromatic N) is 5. The highest BCUT2D eigenvalue weighted by Crippen LogP contribution is 2.27. The van der Waals surface area contributed by atoms with Gasteiger partial charge in [-0.05, 0) is 61.4 Å². The van der Waals surface area contributed by atoms with Gasteiger partial charge in [0.1, 0.15) is 6.33 Å². The number of rotatable bonds is 5. The van der Waals surface area contributed by atoms with Gasteiger partial charge in [-0.1, -0.05) is 24.3 Å². The number of carboxylic acid groups (broad SMARTS) is 1. The number of aromatic carboxylic acids is 1. The van der Waals surface area contributed by atoms with Crippen molar-refractivity contribution in [3.63, 3.8) is 0 Å². The summed E-state index contributed by atoms with van der Waals surface area (Å²) >= 11 is 0. The summed E-state index contributed by atoms with van der Waals surface area (Å²) in [6, 6.07) is 18.2. The first-order valence-corrected chi connectivity index (χ1v) is 10.4. The predicted octanol–water partition coefficient (Wildman–Crippen LogP) is 3.71. The Kier molecular flexibility index (Phi) is 4.90. The van der Waals surface area contributed by atoms with Crippen molar-refractivity contribution in [1.29, 1.82) is 0 Å². The molecule has 0 spiro atoms. The third-order valence-corrected chi connectivity index (χ3v) is 5.72. The van der Waals surface area contributed by atoms with Crippen LogP contribution < -0.4 is 5.69 Å². The van der Waals surface area contributed by atoms with Crippen LogP contribution >= 0.6 is 0 Å². The molecule has 8 heteroatoms. The van der Waals surface area contributed by atoms with Crippen molar-refractivity contribution in [3.8, 4) is 16.9 Å². The number of hydrogen-bond donors (Lipinski definition) is 1. The molecular weight excluding hydrogens is 418 g/mol. The van der Waals surface area contributed by atoms with Crippen molar-refractivity contribution in [2.45, 2.75) is 20.4 Å². The molecule has 8 nitrogen and oxygen atoms in total. The lowest BCUT2D eigenvalue weighted by atomic mass is 10.1. The van der Waals surface area contributed by atoms with E-state index in [0.29, 0.717) is 5.65 Å². The Hall–Kier alpha value is -4.46. The summed E-state index contributed by atoms with van der Waals surface area (Å²) in [6.07, 6.45) is 3.34. The molecule has 33 heavy (non-hydrogen) atoms. The van der Waals surface area contributed by atoms with Crippen molar-refractivity contribution >= 4 is 11.6 Å². The second-order valence-corrected chi connectivity index (χ2v) is 7.96. The van der Waals surface area contributed by atoms with Crippen LogP contribution in [0.25, 0.3) is 22.6 Å². The van der Waals surface area contributed by atoms with E-state index in [1.807, 2.05) is 62.5 Å². The molecule has 0 bridgehead atoms. The molecule has 0 amide bonds. The second kappa shape index (κ2) is 7.90. The number of fused-ring (bicyclic) bond motifs is 1. The minimum atomic E-state index is -1.000. The van der Waals surface area contributed by atoms with E-state index in [1.165, 1.54) is 12.4 Å². The van der Waals surface area contributed by atoms with Gasteiger partial charge in [-0.3, -0.25) is 9.13 Å². The summed E-state index contributed by atoms with van der Waals surface area (Å²) < 4.78 is 5.04. The first kappa shape index (κ1) is 20.4. The average Bonchev–Trinajstić information content (AvgIpc) is 3.36. The van der Waals surface area contributed by atoms with Crippen molar-refractivity contribution in [2.24, 2.45) is 0 Å². The zero-order valence-electron chi connectivity index (χ0n) is 18.1. The van der Waals surface area contributed by atoms with Crippen molar-refractivity contribution in [1.82, 2.24) is 23.7 Å². The first-order valence-electron chi connectivity index (χ1n) is 10.4. The van der Waals surface area contributed by atoms with E-state index < -0.39 is 5.97 Å². The van der Waals surface area contributed by atoms with Crippen molar-refractivity contribution < 1.29 is 9.90 Å². The van der Waals surface area contributed by atoms with E-state index in [2.05, 4.69) is 10.1 Å². The summed E-state index contributed by atoms with van der Waals surface area (Å²) in [5, 5.41) is 13.6. The zero-order chi connectivity index (χ0) is 23.1. The number of imidazole rings is 1. The molecule has 1 N–H and O–H groups in total. The van der Waals surface area contributed by atoms with Crippen LogP contribution in [0.1, 0.15) is 27.2 Å². The van der Waals surface area contributed by atoms with Crippen LogP contribution in [-0.2, 0) is 6.54 Å². The third kappa shape index (κ3) is 3.61. The van der Waals surface area contributed by atoms with Gasteiger partial charge in [-0.15, -0.1) is 0 Å². The number of pyridine rings is 1. The smallest absolute Gasteiger partial charge is 0.335 e. The maximum absolute atomic E-state index is 13.7. The van der Waals surface area contributed by atoms with Crippen LogP contribution in [0.3, 0.4) is 0 Å². The predicted molar refractivity (Wildman–Crippen MR) is 124 cm³/mol. The van der Waals surface area contributed by atoms with Crippen molar-refractivity contribution in [3.05, 3.63) is 106 Å². The molecule has 0 aliphatic rings. The summed E-state index contributed by atoms with van der Waals surface area (Å²) in [6.45, 7) is 4.13. The zero-order valence-corrected chi connectivity index (χ0v) is 18.1. The second-order valence-electron chi connectivity index (χ2n) is 7.96. The molecular formula is C25H21N5O3. The Balaban J connectivity index is 1.73. The van der Waals surface area contributed by atoms with Crippen LogP contribution in [-0.4, -0.2) is 34.8 Å². The highest BCUT2D eigenvalue weighted by atomic mass is 16.4. The number of aromatic nitrogens is 5. The topological polar surface area (TPSA) is 94.4 Å². The summed E-state index contributed by atoms with van der Waals surface area (Å²) in [4.78, 5) is 29.3. The Morgan fingerprint density at radius 1 is 1.03 bits per heavy atom. The SMILES string of the molecule is Cc1cccc(-n2c(-c3ccc4ncnn4c3)c(C)n(Cc3cccc(C(=O)O)c3)c2=O)c1. The van der Waals surface area contributed by atoms with Crippen molar-refractivity contribution in [2.75, 3.05) is 0 Å². The number of carboxylic acids is 1. The molecule has 5 rings (SSSR count). The van der Waals surface area contributed by atoms with E-state index in [1.54, 1.807) is 25.8 Å². The Morgan fingerprint density at radius 3 is 2.64 bits per heavy atom. The van der Waals surface area contributed by atoms with E-state index >= 15 is 0 Å². The van der Waals surface area contributed by atoms with Gasteiger partial charge in [0.15, 0.2) is 5.65 Å². The standard InChI is InChI=1S/C25H21N5O3/c1-16-5-3-8-21(11-16)30-23(20-9-10-22-26-15-27-29(22)14-20)17(2)28(25(30)33)13-18-6-4-7-19(12-18)24(31)32/h3-12,14-15H,13H2,1-2H3,(H,31,32). The summed E-state index contributed by atoms with van der Waals surface area (Å²) in [7, 11) is 0. The molecule has 0 aliphatic carbocycles. The average molecular weight is 439 g/mol. The fourth-order valence-electron chi connectivity index (χ4n) is 4.12. The van der Waals surface area contributed by atoms with E-state index in [-0.39, 0.29) is 17.8 Å². The van der Waals surface area contributed by atoms with Crippen LogP contribution in [0.2, 0.25) is 0 Å². The molecule has 2 aromatic carbocycles. The van der Waals surface area contributed by atoms with E-state index in [4.69, 9.17) is 0 Å². The highest BCUT2D eigenvalue weighted by Gasteiger charge is 2.21. The number of benzene rings is 2. The number of carbonyl (C=O) groups is 1. The Labute approximate surface area is 189 Å². The van der Waals surface area contributed by atoms with Crippen LogP contribution in [0, 0.1) is 13.8 Å². The molecule has 0 fully saturated rings. The normalized spacial score (nSPS) is 11.2.